The maximum Gasteiger partial charge on any atom is 0.306 e. The SMILES string of the molecule is CCCCC/C=C\C/C=C\CCCCCCCC(=O)OC(COC(=O)CCCCCCC/C=C\CCCCCCCC)COC(=O)CCCCCCCCCCCCCCCCCCCCCCC. The summed E-state index contributed by atoms with van der Waals surface area (Å²) >= 11 is 0. The average molecular weight is 970 g/mol. The molecule has 0 spiro atoms. The van der Waals surface area contributed by atoms with E-state index in [-0.39, 0.29) is 31.1 Å². The van der Waals surface area contributed by atoms with Gasteiger partial charge in [0.2, 0.25) is 0 Å². The third kappa shape index (κ3) is 56.4. The van der Waals surface area contributed by atoms with Gasteiger partial charge >= 0.3 is 17.9 Å². The van der Waals surface area contributed by atoms with Gasteiger partial charge in [-0.05, 0) is 77.0 Å². The van der Waals surface area contributed by atoms with Crippen LogP contribution in [-0.2, 0) is 28.6 Å². The first-order chi connectivity index (χ1) is 34.0. The van der Waals surface area contributed by atoms with E-state index >= 15 is 0 Å². The van der Waals surface area contributed by atoms with E-state index < -0.39 is 6.10 Å². The summed E-state index contributed by atoms with van der Waals surface area (Å²) in [7, 11) is 0. The number of carbonyl (C=O) groups excluding carboxylic acids is 3. The molecule has 6 nitrogen and oxygen atoms in total. The lowest BCUT2D eigenvalue weighted by Gasteiger charge is -2.18. The van der Waals surface area contributed by atoms with Gasteiger partial charge in [0.15, 0.2) is 6.10 Å². The lowest BCUT2D eigenvalue weighted by Crippen LogP contribution is -2.30. The highest BCUT2D eigenvalue weighted by Gasteiger charge is 2.19. The fourth-order valence-corrected chi connectivity index (χ4v) is 9.00. The molecule has 0 heterocycles. The molecule has 0 amide bonds. The van der Waals surface area contributed by atoms with E-state index in [2.05, 4.69) is 57.2 Å². The summed E-state index contributed by atoms with van der Waals surface area (Å²) in [4.78, 5) is 38.2. The van der Waals surface area contributed by atoms with Gasteiger partial charge in [0.25, 0.3) is 0 Å². The van der Waals surface area contributed by atoms with Crippen LogP contribution in [0.3, 0.4) is 0 Å². The summed E-state index contributed by atoms with van der Waals surface area (Å²) in [6, 6.07) is 0. The highest BCUT2D eigenvalue weighted by Crippen LogP contribution is 2.17. The molecule has 0 saturated carbocycles. The van der Waals surface area contributed by atoms with Crippen LogP contribution in [0.25, 0.3) is 0 Å². The molecular weight excluding hydrogens is 853 g/mol. The number of hydrogen-bond donors (Lipinski definition) is 0. The number of hydrogen-bond acceptors (Lipinski definition) is 6. The van der Waals surface area contributed by atoms with E-state index in [1.54, 1.807) is 0 Å². The minimum atomic E-state index is -0.780. The summed E-state index contributed by atoms with van der Waals surface area (Å²) in [5.41, 5.74) is 0. The third-order valence-corrected chi connectivity index (χ3v) is 13.6. The van der Waals surface area contributed by atoms with Crippen molar-refractivity contribution < 1.29 is 28.6 Å². The Morgan fingerprint density at radius 3 is 0.841 bits per heavy atom. The molecule has 1 atom stereocenters. The molecule has 0 bridgehead atoms. The molecule has 404 valence electrons. The van der Waals surface area contributed by atoms with Gasteiger partial charge in [-0.3, -0.25) is 14.4 Å². The van der Waals surface area contributed by atoms with Gasteiger partial charge in [0, 0.05) is 19.3 Å². The van der Waals surface area contributed by atoms with Gasteiger partial charge < -0.3 is 14.2 Å². The molecule has 0 aliphatic rings. The molecule has 0 rings (SSSR count). The Morgan fingerprint density at radius 2 is 0.522 bits per heavy atom. The Hall–Kier alpha value is -2.37. The normalized spacial score (nSPS) is 12.2. The molecule has 0 fully saturated rings. The van der Waals surface area contributed by atoms with Crippen LogP contribution in [0.1, 0.15) is 329 Å². The lowest BCUT2D eigenvalue weighted by atomic mass is 10.0. The Balaban J connectivity index is 4.31. The fraction of sp³-hybridized carbons (Fsp3) is 0.857. The number of allylic oxidation sites excluding steroid dienone is 6. The minimum absolute atomic E-state index is 0.0767. The fourth-order valence-electron chi connectivity index (χ4n) is 9.00. The number of esters is 3. The zero-order valence-corrected chi connectivity index (χ0v) is 46.3. The topological polar surface area (TPSA) is 78.9 Å². The number of carbonyl (C=O) groups is 3. The molecular formula is C63H116O6. The Labute approximate surface area is 429 Å². The number of unbranched alkanes of at least 4 members (excludes halogenated alkanes) is 39. The molecule has 0 aliphatic heterocycles. The molecule has 0 N–H and O–H groups in total. The molecule has 0 aromatic heterocycles. The van der Waals surface area contributed by atoms with Crippen LogP contribution >= 0.6 is 0 Å². The van der Waals surface area contributed by atoms with Crippen LogP contribution in [0, 0.1) is 0 Å². The average Bonchev–Trinajstić information content (AvgIpc) is 3.35. The summed E-state index contributed by atoms with van der Waals surface area (Å²) in [5, 5.41) is 0. The predicted octanol–water partition coefficient (Wildman–Crippen LogP) is 20.4. The highest BCUT2D eigenvalue weighted by atomic mass is 16.6. The van der Waals surface area contributed by atoms with E-state index in [9.17, 15) is 14.4 Å². The highest BCUT2D eigenvalue weighted by molar-refractivity contribution is 5.71. The predicted molar refractivity (Wildman–Crippen MR) is 298 cm³/mol. The molecule has 1 unspecified atom stereocenters. The summed E-state index contributed by atoms with van der Waals surface area (Å²) in [6.07, 6.45) is 70.0. The summed E-state index contributed by atoms with van der Waals surface area (Å²) in [5.74, 6) is -0.880. The van der Waals surface area contributed by atoms with Crippen molar-refractivity contribution in [2.24, 2.45) is 0 Å². The van der Waals surface area contributed by atoms with E-state index in [0.717, 1.165) is 89.9 Å². The van der Waals surface area contributed by atoms with E-state index in [1.807, 2.05) is 0 Å². The van der Waals surface area contributed by atoms with Crippen molar-refractivity contribution in [1.29, 1.82) is 0 Å². The first kappa shape index (κ1) is 66.6. The van der Waals surface area contributed by atoms with Crippen molar-refractivity contribution in [3.8, 4) is 0 Å². The van der Waals surface area contributed by atoms with Crippen molar-refractivity contribution >= 4 is 17.9 Å². The second-order valence-electron chi connectivity index (χ2n) is 20.6. The zero-order chi connectivity index (χ0) is 50.0. The Kier molecular flexibility index (Phi) is 56.2. The molecule has 69 heavy (non-hydrogen) atoms. The molecule has 0 radical (unpaired) electrons. The molecule has 0 saturated heterocycles. The number of ether oxygens (including phenoxy) is 3. The van der Waals surface area contributed by atoms with Gasteiger partial charge in [-0.1, -0.05) is 269 Å². The van der Waals surface area contributed by atoms with E-state index in [0.29, 0.717) is 19.3 Å². The first-order valence-corrected chi connectivity index (χ1v) is 30.5. The van der Waals surface area contributed by atoms with Crippen LogP contribution in [0.15, 0.2) is 36.5 Å². The van der Waals surface area contributed by atoms with E-state index in [1.165, 1.54) is 199 Å². The van der Waals surface area contributed by atoms with E-state index in [4.69, 9.17) is 14.2 Å². The Bertz CT molecular complexity index is 1160. The molecule has 0 aromatic carbocycles. The van der Waals surface area contributed by atoms with Crippen molar-refractivity contribution in [1.82, 2.24) is 0 Å². The van der Waals surface area contributed by atoms with Crippen LogP contribution in [-0.4, -0.2) is 37.2 Å². The van der Waals surface area contributed by atoms with Crippen LogP contribution in [0.2, 0.25) is 0 Å². The molecule has 6 heteroatoms. The maximum absolute atomic E-state index is 12.9. The molecule has 0 aliphatic carbocycles. The summed E-state index contributed by atoms with van der Waals surface area (Å²) < 4.78 is 16.9. The van der Waals surface area contributed by atoms with Crippen molar-refractivity contribution in [2.45, 2.75) is 335 Å². The van der Waals surface area contributed by atoms with Crippen LogP contribution in [0.4, 0.5) is 0 Å². The second kappa shape index (κ2) is 58.2. The lowest BCUT2D eigenvalue weighted by molar-refractivity contribution is -0.167. The van der Waals surface area contributed by atoms with Gasteiger partial charge in [0.1, 0.15) is 13.2 Å². The second-order valence-corrected chi connectivity index (χ2v) is 20.6. The Morgan fingerprint density at radius 1 is 0.290 bits per heavy atom. The number of rotatable bonds is 56. The van der Waals surface area contributed by atoms with Crippen molar-refractivity contribution in [3.63, 3.8) is 0 Å². The van der Waals surface area contributed by atoms with Crippen molar-refractivity contribution in [3.05, 3.63) is 36.5 Å². The van der Waals surface area contributed by atoms with Gasteiger partial charge in [-0.25, -0.2) is 0 Å². The standard InChI is InChI=1S/C63H116O6/c1-4-7-10-13-16-19-22-25-28-29-30-31-32-33-36-38-41-44-47-50-53-56-62(65)68-59-60(69-63(66)57-54-51-48-45-42-39-35-27-24-21-18-15-12-9-6-3)58-67-61(64)55-52-49-46-43-40-37-34-26-23-20-17-14-11-8-5-2/h18,21,26-27,34-35,60H,4-17,19-20,22-25,28-33,36-59H2,1-3H3/b21-18-,34-26-,35-27-. The molecule has 0 aromatic rings. The smallest absolute Gasteiger partial charge is 0.306 e. The third-order valence-electron chi connectivity index (χ3n) is 13.6. The van der Waals surface area contributed by atoms with Crippen molar-refractivity contribution in [2.75, 3.05) is 13.2 Å². The largest absolute Gasteiger partial charge is 0.462 e. The summed E-state index contributed by atoms with van der Waals surface area (Å²) in [6.45, 7) is 6.64. The monoisotopic (exact) mass is 969 g/mol. The first-order valence-electron chi connectivity index (χ1n) is 30.5. The quantitative estimate of drug-likeness (QED) is 0.0261. The van der Waals surface area contributed by atoms with Gasteiger partial charge in [0.05, 0.1) is 0 Å². The van der Waals surface area contributed by atoms with Gasteiger partial charge in [-0.15, -0.1) is 0 Å². The van der Waals surface area contributed by atoms with Crippen LogP contribution in [0.5, 0.6) is 0 Å². The maximum atomic E-state index is 12.9. The van der Waals surface area contributed by atoms with Gasteiger partial charge in [-0.2, -0.15) is 0 Å². The minimum Gasteiger partial charge on any atom is -0.462 e. The zero-order valence-electron chi connectivity index (χ0n) is 46.3. The van der Waals surface area contributed by atoms with Crippen LogP contribution < -0.4 is 0 Å².